The van der Waals surface area contributed by atoms with E-state index in [1.54, 1.807) is 0 Å². The molecule has 0 atom stereocenters. The molecule has 0 aliphatic carbocycles. The summed E-state index contributed by atoms with van der Waals surface area (Å²) in [4.78, 5) is 0. The van der Waals surface area contributed by atoms with Crippen molar-refractivity contribution in [3.05, 3.63) is 273 Å². The molecular weight excluding hydrogens is 863 g/mol. The van der Waals surface area contributed by atoms with Crippen molar-refractivity contribution >= 4 is 94.2 Å². The average molecular weight is 908 g/mol. The molecule has 0 aliphatic rings. The smallest absolute Gasteiger partial charge is 0.179 e. The van der Waals surface area contributed by atoms with E-state index in [0.29, 0.717) is 0 Å². The Morgan fingerprint density at radius 3 is 1.14 bits per heavy atom. The third kappa shape index (κ3) is 5.87. The normalized spacial score (nSPS) is 12.0. The Morgan fingerprint density at radius 1 is 0.229 bits per heavy atom. The van der Waals surface area contributed by atoms with Gasteiger partial charge in [0.1, 0.15) is 0 Å². The first-order chi connectivity index (χ1) is 34.8. The van der Waals surface area contributed by atoms with E-state index in [1.807, 2.05) is 0 Å². The number of para-hydroxylation sites is 5. The topological polar surface area (TPSA) is 14.8 Å². The standard InChI is InChI=1S/C66H45N3Si/c1-5-22-46(23-6-1)67-59-37-17-14-31-56(59)64-53(33-19-39-61(64)67)54-34-20-40-62-65(54)57-32-15-18-38-60(57)69(62)63-41-21-35-55-52-30-13-16-36-58(52)68(66(55)63)47-42-44-51(45-43-47)70(48-24-7-2-8-25-48,49-26-9-3-10-27-49)50-28-11-4-12-29-50/h1-45H. The van der Waals surface area contributed by atoms with Crippen molar-refractivity contribution in [2.75, 3.05) is 0 Å². The molecule has 0 aliphatic heterocycles. The van der Waals surface area contributed by atoms with E-state index < -0.39 is 8.07 Å². The first-order valence-electron chi connectivity index (χ1n) is 24.2. The third-order valence-electron chi connectivity index (χ3n) is 14.8. The summed E-state index contributed by atoms with van der Waals surface area (Å²) < 4.78 is 7.44. The molecule has 0 saturated heterocycles. The maximum absolute atomic E-state index is 2.73. The van der Waals surface area contributed by atoms with Gasteiger partial charge in [0, 0.05) is 43.7 Å². The fraction of sp³-hybridized carbons (Fsp3) is 0. The van der Waals surface area contributed by atoms with E-state index in [4.69, 9.17) is 0 Å². The first-order valence-corrected chi connectivity index (χ1v) is 26.2. The Bertz CT molecular complexity index is 4170. The SMILES string of the molecule is c1ccc(-n2c3ccccc3c3c(-c4cccc5c4c4ccccc4n5-c4cccc5c6ccccc6n(-c6ccc([Si](c7ccccc7)(c7ccccc7)c7ccccc7)cc6)c45)cccc32)cc1. The minimum atomic E-state index is -2.73. The molecule has 3 heterocycles. The molecule has 0 fully saturated rings. The molecule has 0 bridgehead atoms. The molecule has 4 heteroatoms. The molecular formula is C66H45N3Si. The molecule has 14 rings (SSSR count). The lowest BCUT2D eigenvalue weighted by Gasteiger charge is -2.34. The quantitative estimate of drug-likeness (QED) is 0.107. The zero-order valence-electron chi connectivity index (χ0n) is 38.3. The van der Waals surface area contributed by atoms with Crippen LogP contribution in [-0.2, 0) is 0 Å². The van der Waals surface area contributed by atoms with Crippen LogP contribution in [0.2, 0.25) is 0 Å². The van der Waals surface area contributed by atoms with Crippen LogP contribution in [0.1, 0.15) is 0 Å². The lowest BCUT2D eigenvalue weighted by molar-refractivity contribution is 1.13. The molecule has 14 aromatic rings. The van der Waals surface area contributed by atoms with E-state index in [-0.39, 0.29) is 0 Å². The zero-order chi connectivity index (χ0) is 46.2. The van der Waals surface area contributed by atoms with Crippen molar-refractivity contribution in [2.24, 2.45) is 0 Å². The summed E-state index contributed by atoms with van der Waals surface area (Å²) in [6.07, 6.45) is 0. The minimum Gasteiger partial charge on any atom is -0.309 e. The van der Waals surface area contributed by atoms with Crippen molar-refractivity contribution in [1.29, 1.82) is 0 Å². The Kier molecular flexibility index (Phi) is 9.23. The van der Waals surface area contributed by atoms with Crippen LogP contribution >= 0.6 is 0 Å². The molecule has 0 saturated carbocycles. The minimum absolute atomic E-state index is 1.13. The third-order valence-corrected chi connectivity index (χ3v) is 19.6. The molecule has 70 heavy (non-hydrogen) atoms. The number of benzene rings is 11. The van der Waals surface area contributed by atoms with Crippen molar-refractivity contribution in [1.82, 2.24) is 13.7 Å². The second-order valence-corrected chi connectivity index (χ2v) is 22.2. The Labute approximate surface area is 407 Å². The molecule has 0 unspecified atom stereocenters. The molecule has 3 nitrogen and oxygen atoms in total. The van der Waals surface area contributed by atoms with Crippen LogP contribution < -0.4 is 20.7 Å². The first kappa shape index (κ1) is 40.1. The highest BCUT2D eigenvalue weighted by Crippen LogP contribution is 2.45. The van der Waals surface area contributed by atoms with Crippen LogP contribution in [-0.4, -0.2) is 21.8 Å². The van der Waals surface area contributed by atoms with E-state index in [1.165, 1.54) is 97.3 Å². The van der Waals surface area contributed by atoms with Gasteiger partial charge in [-0.25, -0.2) is 0 Å². The molecule has 0 amide bonds. The van der Waals surface area contributed by atoms with E-state index >= 15 is 0 Å². The highest BCUT2D eigenvalue weighted by molar-refractivity contribution is 7.19. The predicted molar refractivity (Wildman–Crippen MR) is 299 cm³/mol. The largest absolute Gasteiger partial charge is 0.309 e. The van der Waals surface area contributed by atoms with Crippen LogP contribution in [0, 0.1) is 0 Å². The Morgan fingerprint density at radius 2 is 0.600 bits per heavy atom. The second-order valence-electron chi connectivity index (χ2n) is 18.4. The summed E-state index contributed by atoms with van der Waals surface area (Å²) in [5.74, 6) is 0. The summed E-state index contributed by atoms with van der Waals surface area (Å²) in [7, 11) is -2.73. The molecule has 3 aromatic heterocycles. The van der Waals surface area contributed by atoms with Gasteiger partial charge in [0.15, 0.2) is 8.07 Å². The predicted octanol–water partition coefficient (Wildman–Crippen LogP) is 14.0. The van der Waals surface area contributed by atoms with Crippen molar-refractivity contribution < 1.29 is 0 Å². The lowest BCUT2D eigenvalue weighted by atomic mass is 9.95. The van der Waals surface area contributed by atoms with Gasteiger partial charge in [-0.1, -0.05) is 212 Å². The van der Waals surface area contributed by atoms with Gasteiger partial charge in [0.2, 0.25) is 0 Å². The van der Waals surface area contributed by atoms with Gasteiger partial charge in [-0.3, -0.25) is 0 Å². The van der Waals surface area contributed by atoms with E-state index in [0.717, 1.165) is 17.1 Å². The molecule has 11 aromatic carbocycles. The van der Waals surface area contributed by atoms with Gasteiger partial charge >= 0.3 is 0 Å². The van der Waals surface area contributed by atoms with Crippen LogP contribution in [0.25, 0.3) is 93.6 Å². The van der Waals surface area contributed by atoms with Gasteiger partial charge in [-0.15, -0.1) is 0 Å². The van der Waals surface area contributed by atoms with E-state index in [2.05, 4.69) is 287 Å². The second kappa shape index (κ2) is 16.1. The molecule has 0 spiro atoms. The molecule has 328 valence electrons. The number of rotatable bonds is 8. The van der Waals surface area contributed by atoms with Crippen LogP contribution in [0.3, 0.4) is 0 Å². The van der Waals surface area contributed by atoms with E-state index in [9.17, 15) is 0 Å². The van der Waals surface area contributed by atoms with Crippen molar-refractivity contribution in [3.8, 4) is 28.2 Å². The number of aromatic nitrogens is 3. The fourth-order valence-electron chi connectivity index (χ4n) is 12.0. The average Bonchev–Trinajstić information content (AvgIpc) is 4.09. The van der Waals surface area contributed by atoms with Crippen molar-refractivity contribution in [3.63, 3.8) is 0 Å². The maximum atomic E-state index is 2.52. The molecule has 0 N–H and O–H groups in total. The number of hydrogen-bond acceptors (Lipinski definition) is 0. The maximum Gasteiger partial charge on any atom is 0.179 e. The van der Waals surface area contributed by atoms with Crippen LogP contribution in [0.4, 0.5) is 0 Å². The van der Waals surface area contributed by atoms with Gasteiger partial charge in [-0.2, -0.15) is 0 Å². The molecule has 0 radical (unpaired) electrons. The fourth-order valence-corrected chi connectivity index (χ4v) is 16.7. The number of fused-ring (bicyclic) bond motifs is 9. The van der Waals surface area contributed by atoms with Gasteiger partial charge in [0.25, 0.3) is 0 Å². The summed E-state index contributed by atoms with van der Waals surface area (Å²) >= 11 is 0. The summed E-state index contributed by atoms with van der Waals surface area (Å²) in [6, 6.07) is 101. The summed E-state index contributed by atoms with van der Waals surface area (Å²) in [6.45, 7) is 0. The zero-order valence-corrected chi connectivity index (χ0v) is 39.3. The van der Waals surface area contributed by atoms with Gasteiger partial charge < -0.3 is 13.7 Å². The summed E-state index contributed by atoms with van der Waals surface area (Å²) in [5, 5.41) is 12.9. The van der Waals surface area contributed by atoms with Crippen LogP contribution in [0.15, 0.2) is 273 Å². The number of hydrogen-bond donors (Lipinski definition) is 0. The van der Waals surface area contributed by atoms with Crippen LogP contribution in [0.5, 0.6) is 0 Å². The number of nitrogens with zero attached hydrogens (tertiary/aromatic N) is 3. The highest BCUT2D eigenvalue weighted by atomic mass is 28.3. The Hall–Kier alpha value is -8.96. The lowest BCUT2D eigenvalue weighted by Crippen LogP contribution is -2.74. The van der Waals surface area contributed by atoms with Crippen molar-refractivity contribution in [2.45, 2.75) is 0 Å². The van der Waals surface area contributed by atoms with Gasteiger partial charge in [0.05, 0.1) is 38.8 Å². The highest BCUT2D eigenvalue weighted by Gasteiger charge is 2.41. The summed E-state index contributed by atoms with van der Waals surface area (Å²) in [5.41, 5.74) is 13.0. The van der Waals surface area contributed by atoms with Gasteiger partial charge in [-0.05, 0) is 92.5 Å². The monoisotopic (exact) mass is 907 g/mol. The Balaban J connectivity index is 1.02.